The molecule has 0 aliphatic carbocycles. The summed E-state index contributed by atoms with van der Waals surface area (Å²) in [4.78, 5) is 1.42. The second kappa shape index (κ2) is 3.58. The molecule has 14 heavy (non-hydrogen) atoms. The molecule has 0 amide bonds. The summed E-state index contributed by atoms with van der Waals surface area (Å²) in [5.74, 6) is 0. The molecular weight excluding hydrogens is 188 g/mol. The largest absolute Gasteiger partial charge is 0.144 e. The SMILES string of the molecule is Cc1ccsc1-c1c(C)cccc1C. The molecule has 0 aliphatic heterocycles. The Labute approximate surface area is 89.2 Å². The van der Waals surface area contributed by atoms with Gasteiger partial charge in [0.15, 0.2) is 0 Å². The number of hydrogen-bond donors (Lipinski definition) is 0. The lowest BCUT2D eigenvalue weighted by molar-refractivity contribution is 1.38. The Morgan fingerprint density at radius 1 is 0.857 bits per heavy atom. The van der Waals surface area contributed by atoms with E-state index in [2.05, 4.69) is 50.4 Å². The molecule has 0 saturated carbocycles. The van der Waals surface area contributed by atoms with Crippen LogP contribution in [0.25, 0.3) is 10.4 Å². The summed E-state index contributed by atoms with van der Waals surface area (Å²) < 4.78 is 0. The zero-order chi connectivity index (χ0) is 10.1. The number of benzene rings is 1. The Morgan fingerprint density at radius 3 is 2.00 bits per heavy atom. The van der Waals surface area contributed by atoms with Crippen molar-refractivity contribution in [1.29, 1.82) is 0 Å². The minimum atomic E-state index is 1.37. The van der Waals surface area contributed by atoms with Crippen molar-refractivity contribution in [2.75, 3.05) is 0 Å². The molecule has 0 N–H and O–H groups in total. The maximum Gasteiger partial charge on any atom is 0.0377 e. The van der Waals surface area contributed by atoms with Gasteiger partial charge in [-0.1, -0.05) is 18.2 Å². The van der Waals surface area contributed by atoms with Crippen LogP contribution in [0.2, 0.25) is 0 Å². The molecule has 1 aromatic heterocycles. The second-order valence-corrected chi connectivity index (χ2v) is 4.62. The van der Waals surface area contributed by atoms with Gasteiger partial charge >= 0.3 is 0 Å². The minimum absolute atomic E-state index is 1.37. The summed E-state index contributed by atoms with van der Waals surface area (Å²) in [5.41, 5.74) is 5.54. The molecule has 2 rings (SSSR count). The average Bonchev–Trinajstić information content (AvgIpc) is 2.52. The first-order chi connectivity index (χ1) is 6.70. The standard InChI is InChI=1S/C13H14S/c1-9-5-4-6-10(2)12(9)13-11(3)7-8-14-13/h4-8H,1-3H3. The van der Waals surface area contributed by atoms with Crippen molar-refractivity contribution in [3.8, 4) is 10.4 Å². The highest BCUT2D eigenvalue weighted by atomic mass is 32.1. The molecule has 0 bridgehead atoms. The molecule has 1 heterocycles. The van der Waals surface area contributed by atoms with E-state index in [1.807, 2.05) is 11.3 Å². The molecule has 0 saturated heterocycles. The Morgan fingerprint density at radius 2 is 1.50 bits per heavy atom. The number of rotatable bonds is 1. The third kappa shape index (κ3) is 1.48. The van der Waals surface area contributed by atoms with E-state index in [1.165, 1.54) is 27.1 Å². The first-order valence-electron chi connectivity index (χ1n) is 4.81. The molecule has 0 radical (unpaired) electrons. The third-order valence-corrected chi connectivity index (χ3v) is 3.60. The van der Waals surface area contributed by atoms with Crippen molar-refractivity contribution >= 4 is 11.3 Å². The summed E-state index contributed by atoms with van der Waals surface area (Å²) in [7, 11) is 0. The first-order valence-corrected chi connectivity index (χ1v) is 5.69. The molecule has 72 valence electrons. The maximum absolute atomic E-state index is 2.19. The van der Waals surface area contributed by atoms with E-state index in [4.69, 9.17) is 0 Å². The quantitative estimate of drug-likeness (QED) is 0.645. The van der Waals surface area contributed by atoms with Gasteiger partial charge in [-0.3, -0.25) is 0 Å². The van der Waals surface area contributed by atoms with Crippen LogP contribution in [0.3, 0.4) is 0 Å². The molecule has 1 heteroatoms. The normalized spacial score (nSPS) is 10.5. The van der Waals surface area contributed by atoms with E-state index < -0.39 is 0 Å². The molecule has 0 spiro atoms. The van der Waals surface area contributed by atoms with Gasteiger partial charge in [0, 0.05) is 4.88 Å². The predicted molar refractivity (Wildman–Crippen MR) is 64.0 cm³/mol. The third-order valence-electron chi connectivity index (χ3n) is 2.57. The van der Waals surface area contributed by atoms with E-state index in [0.29, 0.717) is 0 Å². The number of thiophene rings is 1. The highest BCUT2D eigenvalue weighted by Crippen LogP contribution is 2.33. The Hall–Kier alpha value is -1.08. The van der Waals surface area contributed by atoms with E-state index in [1.54, 1.807) is 0 Å². The van der Waals surface area contributed by atoms with Gasteiger partial charge in [-0.05, 0) is 54.5 Å². The molecule has 0 fully saturated rings. The zero-order valence-electron chi connectivity index (χ0n) is 8.79. The summed E-state index contributed by atoms with van der Waals surface area (Å²) >= 11 is 1.83. The smallest absolute Gasteiger partial charge is 0.0377 e. The topological polar surface area (TPSA) is 0 Å². The van der Waals surface area contributed by atoms with Crippen LogP contribution in [0.15, 0.2) is 29.6 Å². The van der Waals surface area contributed by atoms with Gasteiger partial charge in [0.1, 0.15) is 0 Å². The average molecular weight is 202 g/mol. The molecule has 0 nitrogen and oxygen atoms in total. The molecule has 2 aromatic rings. The van der Waals surface area contributed by atoms with Gasteiger partial charge in [-0.2, -0.15) is 0 Å². The van der Waals surface area contributed by atoms with Crippen LogP contribution in [-0.4, -0.2) is 0 Å². The fraction of sp³-hybridized carbons (Fsp3) is 0.231. The molecular formula is C13H14S. The molecule has 0 aliphatic rings. The Bertz CT molecular complexity index is 432. The van der Waals surface area contributed by atoms with Gasteiger partial charge in [-0.15, -0.1) is 11.3 Å². The second-order valence-electron chi connectivity index (χ2n) is 3.70. The van der Waals surface area contributed by atoms with Crippen LogP contribution in [0.5, 0.6) is 0 Å². The van der Waals surface area contributed by atoms with E-state index in [9.17, 15) is 0 Å². The van der Waals surface area contributed by atoms with Crippen molar-refractivity contribution in [1.82, 2.24) is 0 Å². The van der Waals surface area contributed by atoms with Crippen molar-refractivity contribution < 1.29 is 0 Å². The highest BCUT2D eigenvalue weighted by Gasteiger charge is 2.08. The molecule has 0 unspecified atom stereocenters. The zero-order valence-corrected chi connectivity index (χ0v) is 9.61. The van der Waals surface area contributed by atoms with Crippen LogP contribution in [0.1, 0.15) is 16.7 Å². The van der Waals surface area contributed by atoms with Crippen molar-refractivity contribution in [2.45, 2.75) is 20.8 Å². The summed E-state index contributed by atoms with van der Waals surface area (Å²) in [6, 6.07) is 8.67. The van der Waals surface area contributed by atoms with Gasteiger partial charge in [-0.25, -0.2) is 0 Å². The first kappa shape index (κ1) is 9.47. The number of aryl methyl sites for hydroxylation is 3. The summed E-state index contributed by atoms with van der Waals surface area (Å²) in [6.07, 6.45) is 0. The van der Waals surface area contributed by atoms with E-state index in [-0.39, 0.29) is 0 Å². The van der Waals surface area contributed by atoms with Gasteiger partial charge in [0.2, 0.25) is 0 Å². The lowest BCUT2D eigenvalue weighted by Crippen LogP contribution is -1.86. The van der Waals surface area contributed by atoms with E-state index >= 15 is 0 Å². The molecule has 0 atom stereocenters. The van der Waals surface area contributed by atoms with Crippen LogP contribution in [0, 0.1) is 20.8 Å². The minimum Gasteiger partial charge on any atom is -0.144 e. The van der Waals surface area contributed by atoms with Crippen molar-refractivity contribution in [2.24, 2.45) is 0 Å². The Balaban J connectivity index is 2.68. The van der Waals surface area contributed by atoms with Crippen LogP contribution in [-0.2, 0) is 0 Å². The molecule has 1 aromatic carbocycles. The predicted octanol–water partition coefficient (Wildman–Crippen LogP) is 4.34. The van der Waals surface area contributed by atoms with Crippen molar-refractivity contribution in [3.63, 3.8) is 0 Å². The Kier molecular flexibility index (Phi) is 2.42. The summed E-state index contributed by atoms with van der Waals surface area (Å²) in [6.45, 7) is 6.54. The van der Waals surface area contributed by atoms with E-state index in [0.717, 1.165) is 0 Å². The van der Waals surface area contributed by atoms with Gasteiger partial charge < -0.3 is 0 Å². The summed E-state index contributed by atoms with van der Waals surface area (Å²) in [5, 5.41) is 2.16. The van der Waals surface area contributed by atoms with Crippen molar-refractivity contribution in [3.05, 3.63) is 46.3 Å². The fourth-order valence-corrected chi connectivity index (χ4v) is 2.90. The van der Waals surface area contributed by atoms with Crippen LogP contribution in [0.4, 0.5) is 0 Å². The fourth-order valence-electron chi connectivity index (χ4n) is 1.80. The maximum atomic E-state index is 2.19. The van der Waals surface area contributed by atoms with Gasteiger partial charge in [0.05, 0.1) is 0 Å². The van der Waals surface area contributed by atoms with Crippen LogP contribution >= 0.6 is 11.3 Å². The highest BCUT2D eigenvalue weighted by molar-refractivity contribution is 7.13. The lowest BCUT2D eigenvalue weighted by atomic mass is 10.00. The number of hydrogen-bond acceptors (Lipinski definition) is 1. The monoisotopic (exact) mass is 202 g/mol. The van der Waals surface area contributed by atoms with Gasteiger partial charge in [0.25, 0.3) is 0 Å². The van der Waals surface area contributed by atoms with Crippen LogP contribution < -0.4 is 0 Å². The lowest BCUT2D eigenvalue weighted by Gasteiger charge is -2.08.